The van der Waals surface area contributed by atoms with Crippen LogP contribution in [0.4, 0.5) is 5.13 Å². The summed E-state index contributed by atoms with van der Waals surface area (Å²) in [5.41, 5.74) is 2.49. The molecule has 0 unspecified atom stereocenters. The van der Waals surface area contributed by atoms with Gasteiger partial charge in [-0.1, -0.05) is 72.0 Å². The zero-order chi connectivity index (χ0) is 24.3. The Labute approximate surface area is 216 Å². The molecule has 9 heteroatoms. The average Bonchev–Trinajstić information content (AvgIpc) is 3.23. The van der Waals surface area contributed by atoms with Crippen molar-refractivity contribution in [3.05, 3.63) is 90.0 Å². The number of thiazole rings is 1. The number of aromatic nitrogens is 1. The van der Waals surface area contributed by atoms with Crippen molar-refractivity contribution in [1.29, 1.82) is 0 Å². The molecule has 0 radical (unpaired) electrons. The second-order valence-corrected chi connectivity index (χ2v) is 11.5. The summed E-state index contributed by atoms with van der Waals surface area (Å²) in [7, 11) is 0.590. The molecule has 0 aliphatic rings. The number of likely N-dealkylation sites (N-methyl/N-ethyl adjacent to an activating group) is 1. The second kappa shape index (κ2) is 11.3. The van der Waals surface area contributed by atoms with Crippen molar-refractivity contribution in [3.8, 4) is 0 Å². The molecule has 0 saturated heterocycles. The molecule has 0 atom stereocenters. The van der Waals surface area contributed by atoms with E-state index in [4.69, 9.17) is 4.98 Å². The van der Waals surface area contributed by atoms with Gasteiger partial charge in [-0.05, 0) is 43.4 Å². The van der Waals surface area contributed by atoms with Crippen molar-refractivity contribution in [1.82, 2.24) is 9.88 Å². The first-order valence-corrected chi connectivity index (χ1v) is 13.6. The van der Waals surface area contributed by atoms with Gasteiger partial charge in [0.25, 0.3) is 0 Å². The molecule has 0 aliphatic carbocycles. The summed E-state index contributed by atoms with van der Waals surface area (Å²) in [6, 6.07) is 24.4. The quantitative estimate of drug-likeness (QED) is 0.326. The number of anilines is 1. The normalized spacial score (nSPS) is 11.6. The number of benzene rings is 3. The molecule has 3 aromatic carbocycles. The van der Waals surface area contributed by atoms with E-state index in [2.05, 4.69) is 0 Å². The number of nitrogens with zero attached hydrogens (tertiary/aromatic N) is 3. The average molecular weight is 530 g/mol. The van der Waals surface area contributed by atoms with Crippen LogP contribution in [-0.4, -0.2) is 57.6 Å². The van der Waals surface area contributed by atoms with Crippen LogP contribution in [0.25, 0.3) is 10.2 Å². The van der Waals surface area contributed by atoms with Crippen LogP contribution in [-0.2, 0) is 14.6 Å². The molecule has 0 spiro atoms. The van der Waals surface area contributed by atoms with Gasteiger partial charge >= 0.3 is 0 Å². The van der Waals surface area contributed by atoms with Gasteiger partial charge in [-0.15, -0.1) is 12.4 Å². The Bertz CT molecular complexity index is 1350. The van der Waals surface area contributed by atoms with Crippen LogP contribution in [0.5, 0.6) is 0 Å². The van der Waals surface area contributed by atoms with E-state index < -0.39 is 15.8 Å². The predicted molar refractivity (Wildman–Crippen MR) is 146 cm³/mol. The molecule has 0 bridgehead atoms. The highest BCUT2D eigenvalue weighted by molar-refractivity contribution is 7.90. The van der Waals surface area contributed by atoms with Crippen molar-refractivity contribution in [2.24, 2.45) is 0 Å². The second-order valence-electron chi connectivity index (χ2n) is 8.45. The largest absolute Gasteiger partial charge is 0.308 e. The van der Waals surface area contributed by atoms with E-state index in [1.165, 1.54) is 17.6 Å². The fourth-order valence-corrected chi connectivity index (χ4v) is 5.52. The topological polar surface area (TPSA) is 70.6 Å². The molecule has 0 fully saturated rings. The van der Waals surface area contributed by atoms with E-state index in [0.29, 0.717) is 23.7 Å². The van der Waals surface area contributed by atoms with Crippen LogP contribution >= 0.6 is 23.7 Å². The molecule has 0 aliphatic heterocycles. The third-order valence-electron chi connectivity index (χ3n) is 5.56. The highest BCUT2D eigenvalue weighted by Gasteiger charge is 2.30. The van der Waals surface area contributed by atoms with Gasteiger partial charge in [0.15, 0.2) is 15.0 Å². The van der Waals surface area contributed by atoms with Gasteiger partial charge in [-0.25, -0.2) is 13.4 Å². The lowest BCUT2D eigenvalue weighted by atomic mass is 9.90. The first kappa shape index (κ1) is 26.8. The van der Waals surface area contributed by atoms with E-state index in [1.54, 1.807) is 23.1 Å². The van der Waals surface area contributed by atoms with Crippen LogP contribution < -0.4 is 4.90 Å². The maximum Gasteiger partial charge on any atom is 0.240 e. The van der Waals surface area contributed by atoms with Gasteiger partial charge in [-0.2, -0.15) is 0 Å². The Balaban J connectivity index is 0.00000342. The standard InChI is InChI=1S/C26H27N3O3S2.ClH/c1-28(2)16-17-29(26-27-22-15-14-21(34(3,31)32)18-23(22)33-26)25(30)24(19-10-6-4-7-11-19)20-12-8-5-9-13-20;/h4-15,18,24H,16-17H2,1-3H3;1H. The Hall–Kier alpha value is -2.78. The number of hydrogen-bond acceptors (Lipinski definition) is 6. The molecular weight excluding hydrogens is 502 g/mol. The number of sulfone groups is 1. The lowest BCUT2D eigenvalue weighted by Gasteiger charge is -2.27. The Kier molecular flexibility index (Phi) is 8.66. The van der Waals surface area contributed by atoms with Crippen molar-refractivity contribution >= 4 is 54.8 Å². The molecule has 6 nitrogen and oxygen atoms in total. The number of hydrogen-bond donors (Lipinski definition) is 0. The van der Waals surface area contributed by atoms with Crippen LogP contribution in [0.1, 0.15) is 17.0 Å². The van der Waals surface area contributed by atoms with Crippen molar-refractivity contribution in [2.75, 3.05) is 38.3 Å². The van der Waals surface area contributed by atoms with Crippen molar-refractivity contribution < 1.29 is 13.2 Å². The third kappa shape index (κ3) is 6.27. The van der Waals surface area contributed by atoms with Gasteiger partial charge < -0.3 is 4.90 Å². The summed E-state index contributed by atoms with van der Waals surface area (Å²) in [6.45, 7) is 1.12. The lowest BCUT2D eigenvalue weighted by molar-refractivity contribution is -0.119. The Morgan fingerprint density at radius 2 is 1.49 bits per heavy atom. The Morgan fingerprint density at radius 1 is 0.914 bits per heavy atom. The molecule has 184 valence electrons. The van der Waals surface area contributed by atoms with Crippen LogP contribution in [0.15, 0.2) is 83.8 Å². The first-order valence-electron chi connectivity index (χ1n) is 10.9. The summed E-state index contributed by atoms with van der Waals surface area (Å²) < 4.78 is 24.8. The smallest absolute Gasteiger partial charge is 0.240 e. The third-order valence-corrected chi connectivity index (χ3v) is 7.71. The maximum atomic E-state index is 14.1. The molecule has 4 rings (SSSR count). The molecule has 4 aromatic rings. The van der Waals surface area contributed by atoms with E-state index in [-0.39, 0.29) is 23.2 Å². The summed E-state index contributed by atoms with van der Waals surface area (Å²) in [6.07, 6.45) is 1.19. The molecule has 0 N–H and O–H groups in total. The number of amides is 1. The SMILES string of the molecule is CN(C)CCN(C(=O)C(c1ccccc1)c1ccccc1)c1nc2ccc(S(C)(=O)=O)cc2s1.Cl. The molecule has 0 saturated carbocycles. The summed E-state index contributed by atoms with van der Waals surface area (Å²) in [5.74, 6) is -0.551. The van der Waals surface area contributed by atoms with Crippen molar-refractivity contribution in [2.45, 2.75) is 10.8 Å². The zero-order valence-corrected chi connectivity index (χ0v) is 22.2. The van der Waals surface area contributed by atoms with Crippen molar-refractivity contribution in [3.63, 3.8) is 0 Å². The van der Waals surface area contributed by atoms with Crippen LogP contribution in [0, 0.1) is 0 Å². The van der Waals surface area contributed by atoms with Gasteiger partial charge in [0.05, 0.1) is 21.0 Å². The number of carbonyl (C=O) groups excluding carboxylic acids is 1. The van der Waals surface area contributed by atoms with Gasteiger partial charge in [0.2, 0.25) is 5.91 Å². The maximum absolute atomic E-state index is 14.1. The number of fused-ring (bicyclic) bond motifs is 1. The highest BCUT2D eigenvalue weighted by Crippen LogP contribution is 2.34. The number of rotatable bonds is 8. The zero-order valence-electron chi connectivity index (χ0n) is 19.8. The lowest BCUT2D eigenvalue weighted by Crippen LogP contribution is -2.40. The molecule has 35 heavy (non-hydrogen) atoms. The molecule has 1 heterocycles. The minimum atomic E-state index is -3.34. The van der Waals surface area contributed by atoms with E-state index in [1.807, 2.05) is 79.7 Å². The summed E-state index contributed by atoms with van der Waals surface area (Å²) >= 11 is 1.33. The van der Waals surface area contributed by atoms with Gasteiger partial charge in [0.1, 0.15) is 0 Å². The van der Waals surface area contributed by atoms with Crippen LogP contribution in [0.3, 0.4) is 0 Å². The first-order chi connectivity index (χ1) is 16.2. The van der Waals surface area contributed by atoms with E-state index in [9.17, 15) is 13.2 Å². The number of carbonyl (C=O) groups is 1. The fourth-order valence-electron chi connectivity index (χ4n) is 3.76. The van der Waals surface area contributed by atoms with Gasteiger partial charge in [-0.3, -0.25) is 9.69 Å². The van der Waals surface area contributed by atoms with E-state index in [0.717, 1.165) is 15.8 Å². The highest BCUT2D eigenvalue weighted by atomic mass is 35.5. The summed E-state index contributed by atoms with van der Waals surface area (Å²) in [5, 5.41) is 0.560. The van der Waals surface area contributed by atoms with Crippen LogP contribution in [0.2, 0.25) is 0 Å². The summed E-state index contributed by atoms with van der Waals surface area (Å²) in [4.78, 5) is 22.9. The minimum absolute atomic E-state index is 0. The fraction of sp³-hybridized carbons (Fsp3) is 0.231. The predicted octanol–water partition coefficient (Wildman–Crippen LogP) is 4.85. The van der Waals surface area contributed by atoms with Gasteiger partial charge in [0, 0.05) is 19.3 Å². The molecular formula is C26H28ClN3O3S2. The van der Waals surface area contributed by atoms with E-state index >= 15 is 0 Å². The minimum Gasteiger partial charge on any atom is -0.308 e. The number of halogens is 1. The molecule has 1 aromatic heterocycles. The molecule has 1 amide bonds. The monoisotopic (exact) mass is 529 g/mol. The Morgan fingerprint density at radius 3 is 2.00 bits per heavy atom.